The molecular formula is C94H115Br5F6N10O18. The lowest BCUT2D eigenvalue weighted by Crippen LogP contribution is -2.49. The van der Waals surface area contributed by atoms with E-state index in [1.165, 1.54) is 96.2 Å². The fraction of sp³-hybridized carbons (Fsp3) is 0.457. The quantitative estimate of drug-likeness (QED) is 0.0188. The molecule has 6 aromatic rings. The van der Waals surface area contributed by atoms with E-state index < -0.39 is 104 Å². The molecule has 133 heavy (non-hydrogen) atoms. The van der Waals surface area contributed by atoms with E-state index in [1.54, 1.807) is 0 Å². The van der Waals surface area contributed by atoms with E-state index in [-0.39, 0.29) is 72.1 Å². The minimum absolute atomic E-state index is 0. The molecule has 9 aliphatic rings. The number of amides is 4. The predicted molar refractivity (Wildman–Crippen MR) is 513 cm³/mol. The van der Waals surface area contributed by atoms with Gasteiger partial charge in [0.1, 0.15) is 57.5 Å². The summed E-state index contributed by atoms with van der Waals surface area (Å²) in [6.45, 7) is 14.3. The largest absolute Gasteiger partial charge is 0.478 e. The van der Waals surface area contributed by atoms with Crippen molar-refractivity contribution in [2.24, 2.45) is 17.2 Å². The number of nitrogens with two attached hydrogens (primary N) is 4. The lowest BCUT2D eigenvalue weighted by atomic mass is 9.93. The number of nitro groups is 1. The number of nitrogen functional groups attached to an aromatic ring is 1. The number of primary amides is 2. The molecule has 3 fully saturated rings. The fourth-order valence-electron chi connectivity index (χ4n) is 16.9. The Bertz CT molecular complexity index is 5290. The van der Waals surface area contributed by atoms with Gasteiger partial charge < -0.3 is 85.3 Å². The molecule has 0 spiro atoms. The van der Waals surface area contributed by atoms with Gasteiger partial charge in [-0.05, 0) is 361 Å². The van der Waals surface area contributed by atoms with Crippen LogP contribution in [0.1, 0.15) is 303 Å². The Morgan fingerprint density at radius 1 is 0.489 bits per heavy atom. The number of anilines is 2. The Kier molecular flexibility index (Phi) is 43.3. The van der Waals surface area contributed by atoms with Crippen LogP contribution in [-0.2, 0) is 40.1 Å². The molecule has 4 amide bonds. The number of nitro benzene ring substituents is 1. The molecular weight excluding hydrogens is 2070 g/mol. The third kappa shape index (κ3) is 31.5. The molecule has 0 radical (unpaired) electrons. The lowest BCUT2D eigenvalue weighted by molar-refractivity contribution is -0.385. The van der Waals surface area contributed by atoms with Crippen molar-refractivity contribution in [3.05, 3.63) is 211 Å². The Labute approximate surface area is 809 Å². The van der Waals surface area contributed by atoms with Gasteiger partial charge in [-0.3, -0.25) is 24.5 Å². The van der Waals surface area contributed by atoms with E-state index in [2.05, 4.69) is 95.6 Å². The number of rotatable bonds is 11. The van der Waals surface area contributed by atoms with Gasteiger partial charge >= 0.3 is 36.1 Å². The van der Waals surface area contributed by atoms with Crippen molar-refractivity contribution >= 4 is 167 Å². The zero-order valence-electron chi connectivity index (χ0n) is 74.9. The molecule has 15 rings (SSSR count). The number of carboxylic acids is 4. The van der Waals surface area contributed by atoms with E-state index in [9.17, 15) is 80.3 Å². The Hall–Kier alpha value is -9.61. The minimum Gasteiger partial charge on any atom is -0.478 e. The molecule has 2 aliphatic heterocycles. The first-order valence-corrected chi connectivity index (χ1v) is 47.2. The van der Waals surface area contributed by atoms with Crippen molar-refractivity contribution < 1.29 is 110 Å². The van der Waals surface area contributed by atoms with Gasteiger partial charge in [-0.15, -0.1) is 0 Å². The number of ether oxygens (including phenoxy) is 2. The van der Waals surface area contributed by atoms with Gasteiger partial charge in [-0.2, -0.15) is 0 Å². The molecule has 2 heterocycles. The maximum absolute atomic E-state index is 15.5. The number of carbonyl (C=O) groups excluding carboxylic acids is 5. The zero-order chi connectivity index (χ0) is 96.8. The van der Waals surface area contributed by atoms with Gasteiger partial charge in [-0.25, -0.2) is 55.1 Å². The number of alkyl carbamates (subject to hydrolysis) is 2. The molecule has 2 atom stereocenters. The number of Topliss-reactive ketones (excluding diaryl/α,β-unsaturated/α-hetero) is 1. The number of aromatic carboxylic acids is 4. The third-order valence-corrected chi connectivity index (χ3v) is 26.2. The maximum atomic E-state index is 15.5. The number of allylic oxidation sites excluding steroid dienone is 6. The van der Waals surface area contributed by atoms with Crippen LogP contribution in [-0.4, -0.2) is 134 Å². The van der Waals surface area contributed by atoms with Crippen LogP contribution in [0, 0.1) is 45.0 Å². The van der Waals surface area contributed by atoms with Crippen LogP contribution in [0.15, 0.2) is 93.7 Å². The summed E-state index contributed by atoms with van der Waals surface area (Å²) in [5.41, 5.74) is 33.6. The van der Waals surface area contributed by atoms with E-state index in [0.717, 1.165) is 199 Å². The summed E-state index contributed by atoms with van der Waals surface area (Å²) in [6, 6.07) is 9.65. The van der Waals surface area contributed by atoms with Crippen molar-refractivity contribution in [2.45, 2.75) is 251 Å². The summed E-state index contributed by atoms with van der Waals surface area (Å²) in [5, 5.41) is 54.4. The summed E-state index contributed by atoms with van der Waals surface area (Å²) < 4.78 is 93.7. The molecule has 20 N–H and O–H groups in total. The van der Waals surface area contributed by atoms with Crippen LogP contribution in [0.2, 0.25) is 0 Å². The van der Waals surface area contributed by atoms with E-state index >= 15 is 4.39 Å². The third-order valence-electron chi connectivity index (χ3n) is 22.9. The second kappa shape index (κ2) is 51.4. The van der Waals surface area contributed by atoms with Crippen molar-refractivity contribution in [3.63, 3.8) is 0 Å². The average Bonchev–Trinajstić information content (AvgIpc) is 1.59. The van der Waals surface area contributed by atoms with Gasteiger partial charge in [-0.1, -0.05) is 48.8 Å². The number of carbonyl (C=O) groups is 9. The van der Waals surface area contributed by atoms with Crippen LogP contribution in [0.25, 0.3) is 16.7 Å². The molecule has 1 saturated carbocycles. The van der Waals surface area contributed by atoms with Crippen LogP contribution < -0.4 is 49.9 Å². The number of halogens is 11. The highest BCUT2D eigenvalue weighted by Gasteiger charge is 2.38. The molecule has 39 heteroatoms. The molecule has 6 aromatic carbocycles. The average molecular weight is 2190 g/mol. The molecule has 726 valence electrons. The minimum atomic E-state index is -1.54. The van der Waals surface area contributed by atoms with Gasteiger partial charge in [0.25, 0.3) is 5.69 Å². The van der Waals surface area contributed by atoms with Crippen molar-refractivity contribution in [2.75, 3.05) is 36.8 Å². The summed E-state index contributed by atoms with van der Waals surface area (Å²) in [6.07, 6.45) is 27.9. The van der Waals surface area contributed by atoms with Gasteiger partial charge in [0, 0.05) is 79.5 Å². The number of benzene rings is 6. The lowest BCUT2D eigenvalue weighted by Gasteiger charge is -2.36. The first-order valence-electron chi connectivity index (χ1n) is 43.3. The van der Waals surface area contributed by atoms with Crippen LogP contribution in [0.5, 0.6) is 0 Å². The highest BCUT2D eigenvalue weighted by Crippen LogP contribution is 2.50. The molecule has 7 aliphatic carbocycles. The van der Waals surface area contributed by atoms with Crippen LogP contribution in [0.3, 0.4) is 0 Å². The smallest absolute Gasteiger partial charge is 0.407 e. The van der Waals surface area contributed by atoms with E-state index in [1.807, 2.05) is 46.4 Å². The van der Waals surface area contributed by atoms with Crippen LogP contribution >= 0.6 is 79.6 Å². The second-order valence-corrected chi connectivity index (χ2v) is 38.9. The first-order chi connectivity index (χ1) is 61.7. The summed E-state index contributed by atoms with van der Waals surface area (Å²) in [7, 11) is 0. The van der Waals surface area contributed by atoms with Gasteiger partial charge in [0.2, 0.25) is 11.8 Å². The van der Waals surface area contributed by atoms with E-state index in [4.69, 9.17) is 47.7 Å². The Morgan fingerprint density at radius 2 is 0.857 bits per heavy atom. The van der Waals surface area contributed by atoms with Crippen molar-refractivity contribution in [1.29, 1.82) is 0 Å². The number of nitrogens with zero attached hydrogens (tertiary/aromatic N) is 2. The number of fused-ring (bicyclic) bond motifs is 6. The zero-order valence-corrected chi connectivity index (χ0v) is 82.8. The number of carboxylic acid groups (broad SMARTS) is 4. The Morgan fingerprint density at radius 3 is 1.29 bits per heavy atom. The topological polar surface area (TPSA) is 506 Å². The van der Waals surface area contributed by atoms with E-state index in [0.29, 0.717) is 69.1 Å². The summed E-state index contributed by atoms with van der Waals surface area (Å²) in [4.78, 5) is 112. The first kappa shape index (κ1) is 112. The number of nitrogens with one attached hydrogen (secondary N) is 3. The predicted octanol–water partition coefficient (Wildman–Crippen LogP) is 21.5. The SMILES string of the molecule is CC(C)(C)OC(=O)N[C@H]1CCCN(c2c(F)cc(C(N)=O)c3c2C2=C(CCCCC2)C3)C1.CC(C)(C)OC(=O)N[C@H]1CCCNC1.N.NC(=O)c1cc(F)c(Br)c2c1CC1=C2CCCCC1.NCc1cc(Br)c(F)cc1C(=O)O.Nc1cc(Br)c(F)cc1C(=O)O.O.O=C(O)c1cc(F)c(Br)c2c1CC1=C2CCCCC1.O=C(O)c1cc(F)c(Br)cc1[N+](=O)[O-].O=C1CCCCCC1. The molecule has 0 bridgehead atoms. The monoisotopic (exact) mass is 2180 g/mol. The van der Waals surface area contributed by atoms with Gasteiger partial charge in [0.05, 0.1) is 49.7 Å². The molecule has 2 saturated heterocycles. The standard InChI is InChI=1S/C25H34FN3O3.C15H15BrFNO.C15H14BrFO2.C10H20N2O2.C8H7BrFNO2.C7H3BrFNO4.C7H5BrFNO2.C7H12O.H3N.H2O/c1-25(2,3)32-24(31)28-16-9-7-11-29(14-16)22-20(26)13-19(23(27)30)18-12-15-8-5-4-6-10-17(15)21(18)22;2*16-14-12(17)7-11(15(18)19)10-6-8-4-2-1-3-5-9(8)13(10)14;1-10(2,3)14-9(13)12-8-5-4-6-11-7-8;9-6-1-4(3-11)5(8(12)13)2-7(6)10;8-4-2-6(10(13)14)3(7(11)12)1-5(4)9;8-4-2-6(10)3(7(11)12)1-5(4)9;8-7-5-3-1-2-4-6-7;;/h13,16H,4-12,14H2,1-3H3,(H2,27,30)(H,28,31);7H,1-6H2,(H2,18,19);7H,1-6H2,(H,18,19);8,11H,4-7H2,1-3H3,(H,12,13);1-2H,3,11H2,(H,12,13);1-2H,(H,11,12);1-2H,10H2,(H,11,12);1-6H2;1H3;1H2/t16-;;;8-;;;;;;/m0..0....../s1. The number of hydrogen-bond donors (Lipinski definition) is 12. The summed E-state index contributed by atoms with van der Waals surface area (Å²) in [5.74, 6) is -9.01. The molecule has 0 unspecified atom stereocenters. The maximum Gasteiger partial charge on any atom is 0.407 e. The number of piperidine rings is 2. The molecule has 0 aromatic heterocycles. The van der Waals surface area contributed by atoms with Crippen molar-refractivity contribution in [3.8, 4) is 0 Å². The van der Waals surface area contributed by atoms with Crippen molar-refractivity contribution in [1.82, 2.24) is 22.1 Å². The molecule has 28 nitrogen and oxygen atoms in total. The number of ketones is 1. The van der Waals surface area contributed by atoms with Gasteiger partial charge in [0.15, 0.2) is 0 Å². The highest BCUT2D eigenvalue weighted by atomic mass is 79.9. The Balaban J connectivity index is 0.000000241. The number of hydrogen-bond acceptors (Lipinski definition) is 18. The van der Waals surface area contributed by atoms with Crippen LogP contribution in [0.4, 0.5) is 53.0 Å². The summed E-state index contributed by atoms with van der Waals surface area (Å²) >= 11 is 15.2. The second-order valence-electron chi connectivity index (χ2n) is 34.8. The fourth-order valence-corrected chi connectivity index (χ4v) is 19.2. The normalized spacial score (nSPS) is 16.9. The highest BCUT2D eigenvalue weighted by molar-refractivity contribution is 9.11.